The summed E-state index contributed by atoms with van der Waals surface area (Å²) >= 11 is 0. The van der Waals surface area contributed by atoms with E-state index in [1.54, 1.807) is 10.9 Å². The first-order valence-corrected chi connectivity index (χ1v) is 13.6. The highest BCUT2D eigenvalue weighted by molar-refractivity contribution is 6.20. The van der Waals surface area contributed by atoms with Crippen molar-refractivity contribution < 1.29 is 14.3 Å². The van der Waals surface area contributed by atoms with E-state index in [1.165, 1.54) is 0 Å². The predicted octanol–water partition coefficient (Wildman–Crippen LogP) is 4.75. The molecule has 6 rings (SSSR count). The van der Waals surface area contributed by atoms with Crippen molar-refractivity contribution in [3.63, 3.8) is 0 Å². The lowest BCUT2D eigenvalue weighted by atomic mass is 10.0. The van der Waals surface area contributed by atoms with Crippen molar-refractivity contribution in [1.29, 1.82) is 0 Å². The molecule has 9 heteroatoms. The monoisotopic (exact) mass is 534 g/mol. The summed E-state index contributed by atoms with van der Waals surface area (Å²) in [4.78, 5) is 36.7. The second-order valence-electron chi connectivity index (χ2n) is 9.99. The van der Waals surface area contributed by atoms with Gasteiger partial charge in [-0.15, -0.1) is 0 Å². The normalized spacial score (nSPS) is 18.2. The first kappa shape index (κ1) is 25.5. The summed E-state index contributed by atoms with van der Waals surface area (Å²) in [5.41, 5.74) is 5.14. The molecule has 0 saturated heterocycles. The second kappa shape index (κ2) is 10.8. The van der Waals surface area contributed by atoms with Gasteiger partial charge in [-0.3, -0.25) is 14.6 Å². The zero-order valence-corrected chi connectivity index (χ0v) is 22.4. The van der Waals surface area contributed by atoms with Crippen LogP contribution in [0.2, 0.25) is 0 Å². The molecule has 0 fully saturated rings. The molecule has 2 atom stereocenters. The number of carbonyl (C=O) groups is 2. The van der Waals surface area contributed by atoms with Crippen LogP contribution in [0, 0.1) is 6.92 Å². The second-order valence-corrected chi connectivity index (χ2v) is 9.99. The first-order valence-electron chi connectivity index (χ1n) is 13.6. The van der Waals surface area contributed by atoms with Crippen molar-refractivity contribution >= 4 is 23.2 Å². The largest absolute Gasteiger partial charge is 0.474 e. The molecule has 0 aliphatic carbocycles. The number of benzene rings is 2. The average molecular weight is 535 g/mol. The molecule has 2 aromatic carbocycles. The van der Waals surface area contributed by atoms with Gasteiger partial charge in [-0.05, 0) is 44.4 Å². The Bertz CT molecular complexity index is 1590. The molecule has 40 heavy (non-hydrogen) atoms. The van der Waals surface area contributed by atoms with E-state index >= 15 is 0 Å². The molecule has 2 amide bonds. The fourth-order valence-corrected chi connectivity index (χ4v) is 5.08. The molecule has 4 aromatic rings. The van der Waals surface area contributed by atoms with Gasteiger partial charge in [0.05, 0.1) is 11.4 Å². The van der Waals surface area contributed by atoms with Gasteiger partial charge in [0.25, 0.3) is 11.8 Å². The molecule has 0 saturated carbocycles. The van der Waals surface area contributed by atoms with Crippen molar-refractivity contribution in [1.82, 2.24) is 20.1 Å². The topological polar surface area (TPSA) is 111 Å². The van der Waals surface area contributed by atoms with E-state index in [1.807, 2.05) is 73.7 Å². The molecule has 2 aliphatic heterocycles. The summed E-state index contributed by atoms with van der Waals surface area (Å²) in [7, 11) is 0. The van der Waals surface area contributed by atoms with Crippen LogP contribution in [0.4, 0.5) is 5.69 Å². The lowest BCUT2D eigenvalue weighted by Gasteiger charge is -2.17. The molecule has 2 N–H and O–H groups in total. The standard InChI is InChI=1S/C31H30N6O3/c1-3-22-12-9-17-37-31(40-22)25(27(36-37)21-16-15-19(2)32-18-21)29(38)35-28-30(39)33-24-14-8-7-13-23(24)26(34-28)20-10-5-4-6-11-20/h4-8,10-11,13-16,18,22,28H,3,9,12,17H2,1-2H3,(H,33,39)(H,35,38)/t22-,28+/m0/s1. The number of benzodiazepines with no additional fused rings is 1. The van der Waals surface area contributed by atoms with Gasteiger partial charge < -0.3 is 15.4 Å². The van der Waals surface area contributed by atoms with Gasteiger partial charge in [-0.2, -0.15) is 5.10 Å². The number of nitrogens with one attached hydrogen (secondary N) is 2. The van der Waals surface area contributed by atoms with Crippen LogP contribution in [0.1, 0.15) is 53.4 Å². The fourth-order valence-electron chi connectivity index (χ4n) is 5.08. The van der Waals surface area contributed by atoms with Crippen LogP contribution in [-0.2, 0) is 11.3 Å². The first-order chi connectivity index (χ1) is 19.5. The van der Waals surface area contributed by atoms with Gasteiger partial charge in [0.2, 0.25) is 12.0 Å². The van der Waals surface area contributed by atoms with Crippen LogP contribution in [0.25, 0.3) is 11.3 Å². The van der Waals surface area contributed by atoms with E-state index in [4.69, 9.17) is 14.8 Å². The van der Waals surface area contributed by atoms with Crippen LogP contribution in [-0.4, -0.2) is 44.6 Å². The van der Waals surface area contributed by atoms with E-state index in [0.29, 0.717) is 35.1 Å². The Kier molecular flexibility index (Phi) is 6.86. The Morgan fingerprint density at radius 2 is 1.88 bits per heavy atom. The number of para-hydroxylation sites is 1. The maximum Gasteiger partial charge on any atom is 0.269 e. The molecule has 0 bridgehead atoms. The Morgan fingerprint density at radius 1 is 1.07 bits per heavy atom. The zero-order valence-electron chi connectivity index (χ0n) is 22.4. The Hall–Kier alpha value is -4.79. The smallest absolute Gasteiger partial charge is 0.269 e. The molecular formula is C31H30N6O3. The van der Waals surface area contributed by atoms with Crippen molar-refractivity contribution in [2.45, 2.75) is 51.9 Å². The van der Waals surface area contributed by atoms with E-state index in [2.05, 4.69) is 22.5 Å². The van der Waals surface area contributed by atoms with Crippen molar-refractivity contribution in [3.05, 3.63) is 95.3 Å². The van der Waals surface area contributed by atoms with Gasteiger partial charge in [-0.25, -0.2) is 9.67 Å². The molecule has 0 spiro atoms. The van der Waals surface area contributed by atoms with Gasteiger partial charge in [0.1, 0.15) is 17.4 Å². The zero-order chi connectivity index (χ0) is 27.6. The third kappa shape index (κ3) is 4.86. The predicted molar refractivity (Wildman–Crippen MR) is 153 cm³/mol. The maximum atomic E-state index is 14.1. The van der Waals surface area contributed by atoms with E-state index in [9.17, 15) is 9.59 Å². The van der Waals surface area contributed by atoms with Crippen LogP contribution in [0.3, 0.4) is 0 Å². The number of fused-ring (bicyclic) bond motifs is 2. The lowest BCUT2D eigenvalue weighted by molar-refractivity contribution is -0.117. The van der Waals surface area contributed by atoms with E-state index in [-0.39, 0.29) is 11.7 Å². The third-order valence-electron chi connectivity index (χ3n) is 7.21. The highest BCUT2D eigenvalue weighted by Gasteiger charge is 2.33. The number of rotatable bonds is 5. The van der Waals surface area contributed by atoms with Gasteiger partial charge in [0, 0.05) is 35.1 Å². The number of aryl methyl sites for hydroxylation is 2. The fraction of sp³-hybridized carbons (Fsp3) is 0.258. The molecule has 202 valence electrons. The maximum absolute atomic E-state index is 14.1. The number of aromatic nitrogens is 3. The number of carbonyl (C=O) groups excluding carboxylic acids is 2. The highest BCUT2D eigenvalue weighted by atomic mass is 16.5. The van der Waals surface area contributed by atoms with Gasteiger partial charge in [0.15, 0.2) is 0 Å². The average Bonchev–Trinajstić information content (AvgIpc) is 3.11. The van der Waals surface area contributed by atoms with Crippen molar-refractivity contribution in [3.8, 4) is 17.1 Å². The third-order valence-corrected chi connectivity index (χ3v) is 7.21. The van der Waals surface area contributed by atoms with Crippen LogP contribution in [0.5, 0.6) is 5.88 Å². The Balaban J connectivity index is 1.43. The Morgan fingerprint density at radius 3 is 2.65 bits per heavy atom. The number of anilines is 1. The number of hydrogen-bond acceptors (Lipinski definition) is 6. The van der Waals surface area contributed by atoms with Crippen LogP contribution >= 0.6 is 0 Å². The minimum atomic E-state index is -1.18. The summed E-state index contributed by atoms with van der Waals surface area (Å²) in [6, 6.07) is 20.9. The minimum Gasteiger partial charge on any atom is -0.474 e. The summed E-state index contributed by atoms with van der Waals surface area (Å²) < 4.78 is 8.10. The molecule has 2 aromatic heterocycles. The van der Waals surface area contributed by atoms with Crippen molar-refractivity contribution in [2.24, 2.45) is 4.99 Å². The number of aliphatic imine (C=N–C) groups is 1. The number of nitrogens with zero attached hydrogens (tertiary/aromatic N) is 4. The SMILES string of the molecule is CC[C@H]1CCCn2nc(-c3ccc(C)nc3)c(C(=O)N[C@H]3N=C(c4ccccc4)c4ccccc4NC3=O)c2O1. The highest BCUT2D eigenvalue weighted by Crippen LogP contribution is 2.34. The lowest BCUT2D eigenvalue weighted by Crippen LogP contribution is -2.42. The number of pyridine rings is 1. The minimum absolute atomic E-state index is 0.0353. The van der Waals surface area contributed by atoms with Gasteiger partial charge >= 0.3 is 0 Å². The quantitative estimate of drug-likeness (QED) is 0.384. The molecule has 0 unspecified atom stereocenters. The summed E-state index contributed by atoms with van der Waals surface area (Å²) in [5, 5.41) is 10.6. The molecular weight excluding hydrogens is 504 g/mol. The summed E-state index contributed by atoms with van der Waals surface area (Å²) in [6.07, 6.45) is 3.05. The number of amides is 2. The molecule has 9 nitrogen and oxygen atoms in total. The molecule has 0 radical (unpaired) electrons. The molecule has 2 aliphatic rings. The summed E-state index contributed by atoms with van der Waals surface area (Å²) in [5.74, 6) is -0.520. The number of ether oxygens (including phenoxy) is 1. The van der Waals surface area contributed by atoms with Gasteiger partial charge in [-0.1, -0.05) is 55.5 Å². The molecule has 4 heterocycles. The van der Waals surface area contributed by atoms with E-state index in [0.717, 1.165) is 36.1 Å². The van der Waals surface area contributed by atoms with E-state index < -0.39 is 18.0 Å². The van der Waals surface area contributed by atoms with Crippen LogP contribution < -0.4 is 15.4 Å². The number of hydrogen-bond donors (Lipinski definition) is 2. The van der Waals surface area contributed by atoms with Crippen LogP contribution in [0.15, 0.2) is 77.9 Å². The van der Waals surface area contributed by atoms with Crippen molar-refractivity contribution in [2.75, 3.05) is 5.32 Å². The summed E-state index contributed by atoms with van der Waals surface area (Å²) in [6.45, 7) is 4.59. The Labute approximate surface area is 232 Å².